The zero-order chi connectivity index (χ0) is 20.4. The minimum Gasteiger partial charge on any atom is -0.383 e. The largest absolute Gasteiger partial charge is 0.383 e. The third kappa shape index (κ3) is 4.32. The highest BCUT2D eigenvalue weighted by molar-refractivity contribution is 7.18. The summed E-state index contributed by atoms with van der Waals surface area (Å²) in [6.07, 6.45) is 7.95. The number of hydrogen-bond acceptors (Lipinski definition) is 5. The van der Waals surface area contributed by atoms with Gasteiger partial charge < -0.3 is 9.64 Å². The molecule has 0 radical (unpaired) electrons. The molecule has 0 aliphatic heterocycles. The van der Waals surface area contributed by atoms with Crippen LogP contribution in [0.4, 0.5) is 0 Å². The van der Waals surface area contributed by atoms with Crippen molar-refractivity contribution in [2.45, 2.75) is 44.7 Å². The van der Waals surface area contributed by atoms with Gasteiger partial charge in [0.25, 0.3) is 5.91 Å². The zero-order valence-electron chi connectivity index (χ0n) is 17.6. The molecule has 0 atom stereocenters. The van der Waals surface area contributed by atoms with Gasteiger partial charge in [0.1, 0.15) is 4.88 Å². The van der Waals surface area contributed by atoms with E-state index in [1.807, 2.05) is 18.1 Å². The maximum absolute atomic E-state index is 13.0. The number of imidazole rings is 1. The summed E-state index contributed by atoms with van der Waals surface area (Å²) < 4.78 is 7.23. The number of aromatic nitrogens is 2. The Morgan fingerprint density at radius 3 is 2.83 bits per heavy atom. The molecule has 7 heteroatoms. The van der Waals surface area contributed by atoms with Crippen LogP contribution in [0.3, 0.4) is 0 Å². The third-order valence-electron chi connectivity index (χ3n) is 5.95. The number of carbonyl (C=O) groups excluding carboxylic acids is 1. The van der Waals surface area contributed by atoms with Gasteiger partial charge in [0.2, 0.25) is 0 Å². The highest BCUT2D eigenvalue weighted by Crippen LogP contribution is 2.28. The molecule has 6 nitrogen and oxygen atoms in total. The molecular formula is C22H30N4O2S. The second-order valence-electron chi connectivity index (χ2n) is 8.12. The van der Waals surface area contributed by atoms with Gasteiger partial charge in [0, 0.05) is 39.5 Å². The number of methoxy groups -OCH3 is 1. The molecule has 1 saturated carbocycles. The standard InChI is InChI=1S/C22H30N4O2S/c1-24(11-12-28-3)14-16-9-10-18-19(13-16)26-15-20(29-22(26)23-18)21(27)25(2)17-7-5-4-6-8-17/h9-10,13,15,17H,4-8,11-12,14H2,1-3H3/i2-1. The molecule has 1 amide bonds. The first-order chi connectivity index (χ1) is 14.1. The molecule has 29 heavy (non-hydrogen) atoms. The molecule has 0 unspecified atom stereocenters. The van der Waals surface area contributed by atoms with Crippen molar-refractivity contribution in [2.75, 3.05) is 34.4 Å². The minimum absolute atomic E-state index is 0.121. The predicted octanol–water partition coefficient (Wildman–Crippen LogP) is 4.03. The molecule has 2 aromatic heterocycles. The summed E-state index contributed by atoms with van der Waals surface area (Å²) >= 11 is 1.49. The van der Waals surface area contributed by atoms with E-state index in [4.69, 9.17) is 9.72 Å². The molecule has 4 rings (SSSR count). The van der Waals surface area contributed by atoms with Gasteiger partial charge in [-0.05, 0) is 37.6 Å². The third-order valence-corrected chi connectivity index (χ3v) is 6.92. The fourth-order valence-corrected chi connectivity index (χ4v) is 5.18. The number of fused-ring (bicyclic) bond motifs is 3. The summed E-state index contributed by atoms with van der Waals surface area (Å²) in [6.45, 7) is 2.47. The fraction of sp³-hybridized carbons (Fsp3) is 0.545. The van der Waals surface area contributed by atoms with E-state index in [-0.39, 0.29) is 5.91 Å². The van der Waals surface area contributed by atoms with Crippen LogP contribution in [-0.2, 0) is 11.3 Å². The SMILES string of the molecule is COCCN(C)Cc1ccc2nc3sc(C(=O)N([11CH3])C4CCCCC4)cn3c2c1. The van der Waals surface area contributed by atoms with Crippen LogP contribution < -0.4 is 0 Å². The van der Waals surface area contributed by atoms with Crippen LogP contribution in [0.1, 0.15) is 47.3 Å². The van der Waals surface area contributed by atoms with Gasteiger partial charge in [-0.1, -0.05) is 36.7 Å². The second kappa shape index (κ2) is 8.81. The Hall–Kier alpha value is -1.96. The average molecular weight is 414 g/mol. The van der Waals surface area contributed by atoms with E-state index in [2.05, 4.69) is 34.5 Å². The molecule has 1 aliphatic rings. The van der Waals surface area contributed by atoms with Crippen LogP contribution in [0.5, 0.6) is 0 Å². The van der Waals surface area contributed by atoms with E-state index in [9.17, 15) is 4.79 Å². The van der Waals surface area contributed by atoms with Crippen LogP contribution in [0, 0.1) is 0 Å². The first-order valence-electron chi connectivity index (χ1n) is 10.4. The quantitative estimate of drug-likeness (QED) is 0.587. The monoisotopic (exact) mass is 413 g/mol. The Labute approximate surface area is 176 Å². The van der Waals surface area contributed by atoms with E-state index >= 15 is 0 Å². The van der Waals surface area contributed by atoms with Gasteiger partial charge in [-0.3, -0.25) is 14.1 Å². The lowest BCUT2D eigenvalue weighted by atomic mass is 9.93. The normalized spacial score (nSPS) is 15.6. The van der Waals surface area contributed by atoms with Crippen molar-refractivity contribution in [3.63, 3.8) is 0 Å². The van der Waals surface area contributed by atoms with Gasteiger partial charge in [-0.2, -0.15) is 0 Å². The molecule has 1 aliphatic carbocycles. The highest BCUT2D eigenvalue weighted by Gasteiger charge is 2.25. The van der Waals surface area contributed by atoms with Crippen LogP contribution >= 0.6 is 11.3 Å². The number of thiazole rings is 1. The lowest BCUT2D eigenvalue weighted by molar-refractivity contribution is 0.0701. The van der Waals surface area contributed by atoms with Gasteiger partial charge >= 0.3 is 0 Å². The molecule has 0 spiro atoms. The molecule has 3 aromatic rings. The van der Waals surface area contributed by atoms with E-state index in [1.165, 1.54) is 36.2 Å². The number of amides is 1. The molecule has 1 aromatic carbocycles. The van der Waals surface area contributed by atoms with Crippen molar-refractivity contribution in [3.05, 3.63) is 34.8 Å². The Morgan fingerprint density at radius 2 is 2.07 bits per heavy atom. The summed E-state index contributed by atoms with van der Waals surface area (Å²) in [5.41, 5.74) is 3.27. The lowest BCUT2D eigenvalue weighted by Crippen LogP contribution is -2.37. The smallest absolute Gasteiger partial charge is 0.265 e. The molecule has 156 valence electrons. The van der Waals surface area contributed by atoms with Crippen molar-refractivity contribution in [2.24, 2.45) is 0 Å². The van der Waals surface area contributed by atoms with Gasteiger partial charge in [-0.15, -0.1) is 0 Å². The van der Waals surface area contributed by atoms with Crippen LogP contribution in [-0.4, -0.2) is 65.5 Å². The summed E-state index contributed by atoms with van der Waals surface area (Å²) in [5.74, 6) is 0.121. The first kappa shape index (κ1) is 20.3. The summed E-state index contributed by atoms with van der Waals surface area (Å²) in [7, 11) is 5.77. The Morgan fingerprint density at radius 1 is 1.28 bits per heavy atom. The number of likely N-dealkylation sites (N-methyl/N-ethyl adjacent to an activating group) is 1. The zero-order valence-corrected chi connectivity index (χ0v) is 18.4. The molecule has 2 heterocycles. The maximum atomic E-state index is 13.0. The predicted molar refractivity (Wildman–Crippen MR) is 118 cm³/mol. The summed E-state index contributed by atoms with van der Waals surface area (Å²) in [4.78, 5) is 23.6. The summed E-state index contributed by atoms with van der Waals surface area (Å²) in [6, 6.07) is 6.76. The number of benzene rings is 1. The number of carbonyl (C=O) groups is 1. The first-order valence-corrected chi connectivity index (χ1v) is 11.2. The number of hydrogen-bond donors (Lipinski definition) is 0. The topological polar surface area (TPSA) is 50.1 Å². The van der Waals surface area contributed by atoms with E-state index in [0.717, 1.165) is 53.4 Å². The fourth-order valence-electron chi connectivity index (χ4n) is 4.20. The van der Waals surface area contributed by atoms with Gasteiger partial charge in [0.15, 0.2) is 4.96 Å². The number of rotatable bonds is 7. The Bertz CT molecular complexity index is 989. The molecular weight excluding hydrogens is 383 g/mol. The molecule has 0 bridgehead atoms. The van der Waals surface area contributed by atoms with E-state index < -0.39 is 0 Å². The molecule has 0 N–H and O–H groups in total. The minimum atomic E-state index is 0.121. The number of nitrogens with zero attached hydrogens (tertiary/aromatic N) is 4. The molecule has 0 saturated heterocycles. The van der Waals surface area contributed by atoms with Crippen molar-refractivity contribution >= 4 is 33.2 Å². The Kier molecular flexibility index (Phi) is 6.18. The van der Waals surface area contributed by atoms with Gasteiger partial charge in [0.05, 0.1) is 17.6 Å². The highest BCUT2D eigenvalue weighted by atomic mass is 32.1. The van der Waals surface area contributed by atoms with Crippen molar-refractivity contribution in [1.29, 1.82) is 0 Å². The average Bonchev–Trinajstić information content (AvgIpc) is 3.30. The van der Waals surface area contributed by atoms with Crippen molar-refractivity contribution < 1.29 is 9.53 Å². The van der Waals surface area contributed by atoms with Crippen LogP contribution in [0.2, 0.25) is 0 Å². The van der Waals surface area contributed by atoms with Crippen molar-refractivity contribution in [3.8, 4) is 0 Å². The molecule has 1 fully saturated rings. The maximum Gasteiger partial charge on any atom is 0.265 e. The van der Waals surface area contributed by atoms with Crippen LogP contribution in [0.25, 0.3) is 16.0 Å². The van der Waals surface area contributed by atoms with Crippen LogP contribution in [0.15, 0.2) is 24.4 Å². The summed E-state index contributed by atoms with van der Waals surface area (Å²) in [5, 5.41) is 0. The second-order valence-corrected chi connectivity index (χ2v) is 9.13. The Balaban J connectivity index is 1.56. The van der Waals surface area contributed by atoms with E-state index in [1.54, 1.807) is 7.11 Å². The lowest BCUT2D eigenvalue weighted by Gasteiger charge is -2.30. The van der Waals surface area contributed by atoms with E-state index in [0.29, 0.717) is 6.04 Å². The van der Waals surface area contributed by atoms with Crippen molar-refractivity contribution in [1.82, 2.24) is 19.2 Å². The van der Waals surface area contributed by atoms with Gasteiger partial charge in [-0.25, -0.2) is 4.98 Å². The number of ether oxygens (including phenoxy) is 1.